The summed E-state index contributed by atoms with van der Waals surface area (Å²) >= 11 is 0. The molecule has 0 aliphatic carbocycles. The predicted molar refractivity (Wildman–Crippen MR) is 69.6 cm³/mol. The molecule has 0 aromatic heterocycles. The highest BCUT2D eigenvalue weighted by Gasteiger charge is 2.25. The zero-order valence-corrected chi connectivity index (χ0v) is 11.6. The third kappa shape index (κ3) is 6.47. The molecule has 1 atom stereocenters. The molecule has 5 heteroatoms. The molecule has 0 heterocycles. The number of carboxylic acid groups (broad SMARTS) is 1. The van der Waals surface area contributed by atoms with Gasteiger partial charge in [0.1, 0.15) is 0 Å². The smallest absolute Gasteiger partial charge is 0.410 e. The fourth-order valence-electron chi connectivity index (χ4n) is 1.86. The number of unbranched alkanes of at least 4 members (excludes halogenated alkanes) is 1. The molecule has 0 aliphatic rings. The van der Waals surface area contributed by atoms with Crippen molar-refractivity contribution < 1.29 is 19.4 Å². The number of carboxylic acids is 1. The fraction of sp³-hybridized carbons (Fsp3) is 0.846. The lowest BCUT2D eigenvalue weighted by Crippen LogP contribution is -2.42. The molecule has 106 valence electrons. The van der Waals surface area contributed by atoms with E-state index in [1.165, 1.54) is 0 Å². The Morgan fingerprint density at radius 1 is 1.22 bits per heavy atom. The van der Waals surface area contributed by atoms with E-state index in [4.69, 9.17) is 9.84 Å². The Balaban J connectivity index is 4.71. The molecule has 0 fully saturated rings. The third-order valence-corrected chi connectivity index (χ3v) is 2.73. The summed E-state index contributed by atoms with van der Waals surface area (Å²) in [7, 11) is 0. The normalized spacial score (nSPS) is 11.9. The van der Waals surface area contributed by atoms with Crippen molar-refractivity contribution in [3.8, 4) is 0 Å². The number of hydrogen-bond donors (Lipinski definition) is 1. The van der Waals surface area contributed by atoms with Crippen LogP contribution in [-0.2, 0) is 9.53 Å². The number of rotatable bonds is 9. The van der Waals surface area contributed by atoms with Crippen LogP contribution in [0.2, 0.25) is 0 Å². The average Bonchev–Trinajstić information content (AvgIpc) is 2.29. The molecule has 0 saturated heterocycles. The summed E-state index contributed by atoms with van der Waals surface area (Å²) in [4.78, 5) is 24.3. The van der Waals surface area contributed by atoms with E-state index in [0.717, 1.165) is 19.3 Å². The summed E-state index contributed by atoms with van der Waals surface area (Å²) < 4.78 is 5.00. The van der Waals surface area contributed by atoms with Gasteiger partial charge in [-0.2, -0.15) is 0 Å². The number of carbonyl (C=O) groups excluding carboxylic acids is 1. The SMILES string of the molecule is CCCCN(C(=O)OCC)C(CCC)CC(=O)O. The molecular weight excluding hydrogens is 234 g/mol. The molecule has 0 rings (SSSR count). The first kappa shape index (κ1) is 16.7. The Labute approximate surface area is 109 Å². The zero-order valence-electron chi connectivity index (χ0n) is 11.6. The second-order valence-corrected chi connectivity index (χ2v) is 4.29. The molecule has 5 nitrogen and oxygen atoms in total. The van der Waals surface area contributed by atoms with Crippen LogP contribution < -0.4 is 0 Å². The maximum atomic E-state index is 11.9. The van der Waals surface area contributed by atoms with Crippen molar-refractivity contribution in [1.82, 2.24) is 4.90 Å². The molecular formula is C13H25NO4. The van der Waals surface area contributed by atoms with Crippen molar-refractivity contribution >= 4 is 12.1 Å². The van der Waals surface area contributed by atoms with Gasteiger partial charge >= 0.3 is 12.1 Å². The number of amides is 1. The van der Waals surface area contributed by atoms with Gasteiger partial charge in [-0.15, -0.1) is 0 Å². The Hall–Kier alpha value is -1.26. The number of aliphatic carboxylic acids is 1. The van der Waals surface area contributed by atoms with Crippen molar-refractivity contribution in [2.45, 2.75) is 58.9 Å². The summed E-state index contributed by atoms with van der Waals surface area (Å²) in [6.07, 6.45) is 2.94. The first-order chi connectivity index (χ1) is 8.56. The molecule has 1 unspecified atom stereocenters. The first-order valence-electron chi connectivity index (χ1n) is 6.71. The lowest BCUT2D eigenvalue weighted by Gasteiger charge is -2.29. The van der Waals surface area contributed by atoms with Crippen LogP contribution in [0.5, 0.6) is 0 Å². The summed E-state index contributed by atoms with van der Waals surface area (Å²) in [6.45, 7) is 6.65. The Morgan fingerprint density at radius 2 is 1.89 bits per heavy atom. The predicted octanol–water partition coefficient (Wildman–Crippen LogP) is 2.89. The molecule has 1 amide bonds. The Kier molecular flexibility index (Phi) is 9.06. The van der Waals surface area contributed by atoms with Crippen molar-refractivity contribution in [2.24, 2.45) is 0 Å². The van der Waals surface area contributed by atoms with E-state index in [2.05, 4.69) is 0 Å². The highest BCUT2D eigenvalue weighted by atomic mass is 16.6. The summed E-state index contributed by atoms with van der Waals surface area (Å²) in [6, 6.07) is -0.266. The summed E-state index contributed by atoms with van der Waals surface area (Å²) in [5, 5.41) is 8.92. The van der Waals surface area contributed by atoms with E-state index in [1.54, 1.807) is 11.8 Å². The minimum atomic E-state index is -0.876. The van der Waals surface area contributed by atoms with Gasteiger partial charge in [0.25, 0.3) is 0 Å². The van der Waals surface area contributed by atoms with Gasteiger partial charge < -0.3 is 14.7 Å². The van der Waals surface area contributed by atoms with Crippen molar-refractivity contribution in [3.63, 3.8) is 0 Å². The zero-order chi connectivity index (χ0) is 14.0. The molecule has 0 aliphatic heterocycles. The lowest BCUT2D eigenvalue weighted by molar-refractivity contribution is -0.138. The van der Waals surface area contributed by atoms with Crippen molar-refractivity contribution in [2.75, 3.05) is 13.2 Å². The lowest BCUT2D eigenvalue weighted by atomic mass is 10.1. The maximum Gasteiger partial charge on any atom is 0.410 e. The minimum Gasteiger partial charge on any atom is -0.481 e. The third-order valence-electron chi connectivity index (χ3n) is 2.73. The monoisotopic (exact) mass is 259 g/mol. The molecule has 0 saturated carbocycles. The van der Waals surface area contributed by atoms with Gasteiger partial charge in [0.2, 0.25) is 0 Å². The molecule has 0 aromatic rings. The Morgan fingerprint density at radius 3 is 2.33 bits per heavy atom. The van der Waals surface area contributed by atoms with Crippen LogP contribution in [-0.4, -0.2) is 41.3 Å². The maximum absolute atomic E-state index is 11.9. The Bertz CT molecular complexity index is 255. The number of nitrogens with zero attached hydrogens (tertiary/aromatic N) is 1. The van der Waals surface area contributed by atoms with Crippen LogP contribution >= 0.6 is 0 Å². The number of hydrogen-bond acceptors (Lipinski definition) is 3. The topological polar surface area (TPSA) is 66.8 Å². The molecule has 0 bridgehead atoms. The highest BCUT2D eigenvalue weighted by Crippen LogP contribution is 2.14. The van der Waals surface area contributed by atoms with Gasteiger partial charge in [-0.3, -0.25) is 4.79 Å². The van der Waals surface area contributed by atoms with Crippen LogP contribution in [0, 0.1) is 0 Å². The van der Waals surface area contributed by atoms with Gasteiger partial charge in [0.05, 0.1) is 13.0 Å². The molecule has 0 radical (unpaired) electrons. The number of carbonyl (C=O) groups is 2. The van der Waals surface area contributed by atoms with Crippen LogP contribution in [0.25, 0.3) is 0 Å². The van der Waals surface area contributed by atoms with Crippen LogP contribution in [0.3, 0.4) is 0 Å². The second-order valence-electron chi connectivity index (χ2n) is 4.29. The van der Waals surface area contributed by atoms with Gasteiger partial charge in [0.15, 0.2) is 0 Å². The quantitative estimate of drug-likeness (QED) is 0.691. The van der Waals surface area contributed by atoms with E-state index in [-0.39, 0.29) is 12.5 Å². The summed E-state index contributed by atoms with van der Waals surface area (Å²) in [5.74, 6) is -0.876. The van der Waals surface area contributed by atoms with Crippen LogP contribution in [0.15, 0.2) is 0 Å². The number of ether oxygens (including phenoxy) is 1. The molecule has 18 heavy (non-hydrogen) atoms. The molecule has 0 spiro atoms. The average molecular weight is 259 g/mol. The van der Waals surface area contributed by atoms with Crippen LogP contribution in [0.1, 0.15) is 52.9 Å². The van der Waals surface area contributed by atoms with Gasteiger partial charge in [-0.1, -0.05) is 26.7 Å². The van der Waals surface area contributed by atoms with E-state index < -0.39 is 12.1 Å². The van der Waals surface area contributed by atoms with E-state index in [9.17, 15) is 9.59 Å². The van der Waals surface area contributed by atoms with Crippen LogP contribution in [0.4, 0.5) is 4.79 Å². The van der Waals surface area contributed by atoms with Crippen molar-refractivity contribution in [3.05, 3.63) is 0 Å². The summed E-state index contributed by atoms with van der Waals surface area (Å²) in [5.41, 5.74) is 0. The fourth-order valence-corrected chi connectivity index (χ4v) is 1.86. The minimum absolute atomic E-state index is 0.0175. The van der Waals surface area contributed by atoms with E-state index >= 15 is 0 Å². The van der Waals surface area contributed by atoms with Crippen molar-refractivity contribution in [1.29, 1.82) is 0 Å². The molecule has 1 N–H and O–H groups in total. The standard InChI is InChI=1S/C13H25NO4/c1-4-7-9-14(13(17)18-6-3)11(8-5-2)10-12(15)16/h11H,4-10H2,1-3H3,(H,15,16). The molecule has 0 aromatic carbocycles. The largest absolute Gasteiger partial charge is 0.481 e. The van der Waals surface area contributed by atoms with Gasteiger partial charge in [0, 0.05) is 12.6 Å². The second kappa shape index (κ2) is 9.74. The van der Waals surface area contributed by atoms with Gasteiger partial charge in [-0.25, -0.2) is 4.79 Å². The van der Waals surface area contributed by atoms with E-state index in [1.807, 2.05) is 13.8 Å². The van der Waals surface area contributed by atoms with Gasteiger partial charge in [-0.05, 0) is 19.8 Å². The first-order valence-corrected chi connectivity index (χ1v) is 6.71. The van der Waals surface area contributed by atoms with E-state index in [0.29, 0.717) is 19.6 Å². The highest BCUT2D eigenvalue weighted by molar-refractivity contribution is 5.71.